The Morgan fingerprint density at radius 3 is 2.53 bits per heavy atom. The van der Waals surface area contributed by atoms with Crippen LogP contribution in [0.5, 0.6) is 0 Å². The second kappa shape index (κ2) is 5.04. The molecule has 0 saturated heterocycles. The third-order valence-electron chi connectivity index (χ3n) is 3.31. The average Bonchev–Trinajstić information content (AvgIpc) is 3.08. The number of carboxylic acids is 1. The Balaban J connectivity index is 2.44. The van der Waals surface area contributed by atoms with Crippen LogP contribution >= 0.6 is 11.6 Å². The predicted octanol–water partition coefficient (Wildman–Crippen LogP) is 4.33. The summed E-state index contributed by atoms with van der Waals surface area (Å²) in [5.74, 6) is -1.65. The van der Waals surface area contributed by atoms with Gasteiger partial charge in [-0.3, -0.25) is 4.79 Å². The van der Waals surface area contributed by atoms with Gasteiger partial charge in [-0.2, -0.15) is 13.2 Å². The van der Waals surface area contributed by atoms with Crippen LogP contribution in [-0.4, -0.2) is 11.1 Å². The highest BCUT2D eigenvalue weighted by Crippen LogP contribution is 2.48. The third kappa shape index (κ3) is 3.41. The van der Waals surface area contributed by atoms with Crippen molar-refractivity contribution in [3.05, 3.63) is 34.3 Å². The highest BCUT2D eigenvalue weighted by Gasteiger charge is 2.40. The van der Waals surface area contributed by atoms with E-state index in [1.807, 2.05) is 0 Å². The smallest absolute Gasteiger partial charge is 0.416 e. The Morgan fingerprint density at radius 2 is 2.05 bits per heavy atom. The molecule has 0 heterocycles. The first-order valence-corrected chi connectivity index (χ1v) is 6.25. The van der Waals surface area contributed by atoms with E-state index >= 15 is 0 Å². The molecule has 1 aliphatic rings. The van der Waals surface area contributed by atoms with Crippen molar-refractivity contribution in [3.63, 3.8) is 0 Å². The van der Waals surface area contributed by atoms with E-state index in [-0.39, 0.29) is 22.9 Å². The van der Waals surface area contributed by atoms with E-state index in [9.17, 15) is 18.0 Å². The normalized spacial score (nSPS) is 17.3. The molecule has 2 rings (SSSR count). The van der Waals surface area contributed by atoms with Crippen LogP contribution in [-0.2, 0) is 11.0 Å². The van der Waals surface area contributed by atoms with Gasteiger partial charge in [-0.25, -0.2) is 0 Å². The lowest BCUT2D eigenvalue weighted by atomic mass is 9.87. The Hall–Kier alpha value is -1.23. The number of carboxylic acid groups (broad SMARTS) is 1. The second-order valence-electron chi connectivity index (χ2n) is 4.77. The number of hydrogen-bond acceptors (Lipinski definition) is 1. The molecular formula is C13H12ClF3O2. The molecule has 6 heteroatoms. The standard InChI is InChI=1S/C13H12ClF3O2/c14-8-3-4-9(11(5-8)13(15,16)17)10(6-12(18)19)7-1-2-7/h3-5,7,10H,1-2,6H2,(H,18,19). The number of benzene rings is 1. The van der Waals surface area contributed by atoms with Crippen molar-refractivity contribution in [1.82, 2.24) is 0 Å². The van der Waals surface area contributed by atoms with Crippen LogP contribution < -0.4 is 0 Å². The van der Waals surface area contributed by atoms with Crippen molar-refractivity contribution < 1.29 is 23.1 Å². The molecule has 1 aliphatic carbocycles. The fourth-order valence-corrected chi connectivity index (χ4v) is 2.49. The number of aliphatic carboxylic acids is 1. The fraction of sp³-hybridized carbons (Fsp3) is 0.462. The van der Waals surface area contributed by atoms with E-state index in [1.54, 1.807) is 0 Å². The van der Waals surface area contributed by atoms with E-state index in [1.165, 1.54) is 12.1 Å². The molecular weight excluding hydrogens is 281 g/mol. The number of rotatable bonds is 4. The van der Waals surface area contributed by atoms with Crippen molar-refractivity contribution in [2.24, 2.45) is 5.92 Å². The number of halogens is 4. The van der Waals surface area contributed by atoms with E-state index in [0.717, 1.165) is 18.9 Å². The topological polar surface area (TPSA) is 37.3 Å². The first kappa shape index (κ1) is 14.2. The van der Waals surface area contributed by atoms with Crippen LogP contribution in [0.25, 0.3) is 0 Å². The summed E-state index contributed by atoms with van der Waals surface area (Å²) >= 11 is 5.61. The maximum absolute atomic E-state index is 13.0. The number of alkyl halides is 3. The molecule has 1 aromatic rings. The first-order chi connectivity index (χ1) is 8.79. The van der Waals surface area contributed by atoms with E-state index in [2.05, 4.69) is 0 Å². The quantitative estimate of drug-likeness (QED) is 0.897. The van der Waals surface area contributed by atoms with Gasteiger partial charge in [-0.1, -0.05) is 17.7 Å². The van der Waals surface area contributed by atoms with Gasteiger partial charge in [0.2, 0.25) is 0 Å². The first-order valence-electron chi connectivity index (χ1n) is 5.87. The van der Waals surface area contributed by atoms with E-state index in [4.69, 9.17) is 16.7 Å². The summed E-state index contributed by atoms with van der Waals surface area (Å²) in [4.78, 5) is 10.8. The summed E-state index contributed by atoms with van der Waals surface area (Å²) in [6.45, 7) is 0. The molecule has 0 amide bonds. The molecule has 19 heavy (non-hydrogen) atoms. The summed E-state index contributed by atoms with van der Waals surface area (Å²) in [5, 5.41) is 8.86. The SMILES string of the molecule is O=C(O)CC(c1ccc(Cl)cc1C(F)(F)F)C1CC1. The molecule has 0 aromatic heterocycles. The van der Waals surface area contributed by atoms with Crippen molar-refractivity contribution in [3.8, 4) is 0 Å². The van der Waals surface area contributed by atoms with Gasteiger partial charge in [0.1, 0.15) is 0 Å². The zero-order chi connectivity index (χ0) is 14.2. The maximum Gasteiger partial charge on any atom is 0.416 e. The van der Waals surface area contributed by atoms with Gasteiger partial charge in [0.25, 0.3) is 0 Å². The Bertz CT molecular complexity index is 495. The number of hydrogen-bond donors (Lipinski definition) is 1. The molecule has 0 spiro atoms. The molecule has 104 valence electrons. The van der Waals surface area contributed by atoms with Crippen LogP contribution in [0.1, 0.15) is 36.3 Å². The monoisotopic (exact) mass is 292 g/mol. The van der Waals surface area contributed by atoms with E-state index in [0.29, 0.717) is 0 Å². The Morgan fingerprint density at radius 1 is 1.42 bits per heavy atom. The fourth-order valence-electron chi connectivity index (χ4n) is 2.31. The molecule has 1 atom stereocenters. The average molecular weight is 293 g/mol. The molecule has 1 unspecified atom stereocenters. The van der Waals surface area contributed by atoms with Crippen molar-refractivity contribution >= 4 is 17.6 Å². The van der Waals surface area contributed by atoms with Gasteiger partial charge in [0, 0.05) is 5.02 Å². The van der Waals surface area contributed by atoms with Gasteiger partial charge >= 0.3 is 12.1 Å². The lowest BCUT2D eigenvalue weighted by molar-refractivity contribution is -0.140. The summed E-state index contributed by atoms with van der Waals surface area (Å²) < 4.78 is 39.0. The van der Waals surface area contributed by atoms with Crippen LogP contribution in [0.2, 0.25) is 5.02 Å². The highest BCUT2D eigenvalue weighted by atomic mass is 35.5. The minimum Gasteiger partial charge on any atom is -0.481 e. The third-order valence-corrected chi connectivity index (χ3v) is 3.54. The lowest BCUT2D eigenvalue weighted by Gasteiger charge is -2.20. The predicted molar refractivity (Wildman–Crippen MR) is 64.2 cm³/mol. The largest absolute Gasteiger partial charge is 0.481 e. The lowest BCUT2D eigenvalue weighted by Crippen LogP contribution is -2.15. The molecule has 2 nitrogen and oxygen atoms in total. The molecule has 0 bridgehead atoms. The van der Waals surface area contributed by atoms with Gasteiger partial charge in [-0.15, -0.1) is 0 Å². The minimum absolute atomic E-state index is 0.000877. The molecule has 1 aromatic carbocycles. The Labute approximate surface area is 113 Å². The second-order valence-corrected chi connectivity index (χ2v) is 5.21. The van der Waals surface area contributed by atoms with E-state index < -0.39 is 23.6 Å². The highest BCUT2D eigenvalue weighted by molar-refractivity contribution is 6.30. The van der Waals surface area contributed by atoms with Crippen molar-refractivity contribution in [2.75, 3.05) is 0 Å². The molecule has 0 aliphatic heterocycles. The maximum atomic E-state index is 13.0. The van der Waals surface area contributed by atoms with Crippen LogP contribution in [0.15, 0.2) is 18.2 Å². The zero-order valence-electron chi connectivity index (χ0n) is 9.88. The van der Waals surface area contributed by atoms with Crippen molar-refractivity contribution in [2.45, 2.75) is 31.4 Å². The van der Waals surface area contributed by atoms with Crippen LogP contribution in [0.4, 0.5) is 13.2 Å². The summed E-state index contributed by atoms with van der Waals surface area (Å²) in [6.07, 6.45) is -3.25. The number of carbonyl (C=O) groups is 1. The van der Waals surface area contributed by atoms with Crippen LogP contribution in [0.3, 0.4) is 0 Å². The summed E-state index contributed by atoms with van der Waals surface area (Å²) in [5.41, 5.74) is -0.778. The zero-order valence-corrected chi connectivity index (χ0v) is 10.6. The summed E-state index contributed by atoms with van der Waals surface area (Å²) in [7, 11) is 0. The minimum atomic E-state index is -4.52. The van der Waals surface area contributed by atoms with Gasteiger partial charge < -0.3 is 5.11 Å². The molecule has 1 saturated carbocycles. The molecule has 1 fully saturated rings. The van der Waals surface area contributed by atoms with Crippen molar-refractivity contribution in [1.29, 1.82) is 0 Å². The van der Waals surface area contributed by atoms with Gasteiger partial charge in [-0.05, 0) is 42.4 Å². The van der Waals surface area contributed by atoms with Gasteiger partial charge in [0.15, 0.2) is 0 Å². The summed E-state index contributed by atoms with van der Waals surface area (Å²) in [6, 6.07) is 3.55. The van der Waals surface area contributed by atoms with Gasteiger partial charge in [0.05, 0.1) is 12.0 Å². The van der Waals surface area contributed by atoms with Crippen LogP contribution in [0, 0.1) is 5.92 Å². The Kier molecular flexibility index (Phi) is 3.76. The molecule has 0 radical (unpaired) electrons. The molecule has 1 N–H and O–H groups in total.